The molecule has 0 unspecified atom stereocenters. The summed E-state index contributed by atoms with van der Waals surface area (Å²) in [6.07, 6.45) is 1.73. The van der Waals surface area contributed by atoms with E-state index in [4.69, 9.17) is 0 Å². The van der Waals surface area contributed by atoms with Crippen molar-refractivity contribution in [2.75, 3.05) is 54.9 Å². The van der Waals surface area contributed by atoms with Crippen molar-refractivity contribution >= 4 is 38.9 Å². The number of aliphatic hydroxyl groups is 1. The van der Waals surface area contributed by atoms with Crippen LogP contribution in [0, 0.1) is 6.92 Å². The number of anilines is 5. The zero-order chi connectivity index (χ0) is 27.3. The van der Waals surface area contributed by atoms with Gasteiger partial charge in [0.1, 0.15) is 5.82 Å². The molecule has 0 aliphatic carbocycles. The summed E-state index contributed by atoms with van der Waals surface area (Å²) in [6, 6.07) is 14.8. The lowest BCUT2D eigenvalue weighted by molar-refractivity contribution is 0.189. The van der Waals surface area contributed by atoms with Crippen molar-refractivity contribution in [2.45, 2.75) is 38.1 Å². The number of aliphatic hydroxyl groups excluding tert-OH is 1. The Bertz CT molecular complexity index is 1350. The zero-order valence-electron chi connectivity index (χ0n) is 22.4. The molecule has 4 rings (SSSR count). The number of sulfonamides is 1. The molecule has 1 aliphatic heterocycles. The molecular weight excluding hydrogens is 502 g/mol. The summed E-state index contributed by atoms with van der Waals surface area (Å²) in [5.74, 6) is 1.01. The van der Waals surface area contributed by atoms with Crippen LogP contribution in [0.5, 0.6) is 0 Å². The molecule has 0 atom stereocenters. The predicted octanol–water partition coefficient (Wildman–Crippen LogP) is 3.46. The molecule has 1 fully saturated rings. The molecule has 2 heterocycles. The van der Waals surface area contributed by atoms with Crippen LogP contribution in [-0.4, -0.2) is 73.3 Å². The molecule has 0 bridgehead atoms. The Balaban J connectivity index is 1.47. The van der Waals surface area contributed by atoms with Gasteiger partial charge in [-0.25, -0.2) is 18.1 Å². The Morgan fingerprint density at radius 3 is 2.34 bits per heavy atom. The molecule has 0 spiro atoms. The van der Waals surface area contributed by atoms with Crippen LogP contribution in [0.15, 0.2) is 59.6 Å². The molecule has 1 aliphatic rings. The van der Waals surface area contributed by atoms with E-state index in [-0.39, 0.29) is 11.5 Å². The van der Waals surface area contributed by atoms with E-state index >= 15 is 0 Å². The van der Waals surface area contributed by atoms with E-state index in [1.54, 1.807) is 51.2 Å². The van der Waals surface area contributed by atoms with Crippen LogP contribution in [0.4, 0.5) is 28.8 Å². The number of aromatic nitrogens is 2. The van der Waals surface area contributed by atoms with Gasteiger partial charge in [-0.15, -0.1) is 0 Å². The topological polar surface area (TPSA) is 123 Å². The number of nitrogens with zero attached hydrogens (tertiary/aromatic N) is 4. The molecule has 11 heteroatoms. The number of β-amino-alcohol motifs (C(OH)–C–C–N with tert-alkyl or cyclic N) is 1. The van der Waals surface area contributed by atoms with Crippen molar-refractivity contribution in [3.8, 4) is 0 Å². The minimum Gasteiger partial charge on any atom is -0.395 e. The van der Waals surface area contributed by atoms with Gasteiger partial charge in [0.05, 0.1) is 11.5 Å². The SMILES string of the molecule is Cc1cnc(Nc2cccc(N3CCN(CCO)CC3)c2)nc1Nc1cccc(S(=O)(=O)NC(C)(C)C)c1. The molecule has 4 N–H and O–H groups in total. The number of aryl methyl sites for hydroxylation is 1. The maximum Gasteiger partial charge on any atom is 0.241 e. The monoisotopic (exact) mass is 539 g/mol. The number of piperazine rings is 1. The van der Waals surface area contributed by atoms with Crippen LogP contribution in [0.1, 0.15) is 26.3 Å². The third kappa shape index (κ3) is 7.41. The molecule has 204 valence electrons. The van der Waals surface area contributed by atoms with Crippen molar-refractivity contribution < 1.29 is 13.5 Å². The van der Waals surface area contributed by atoms with Gasteiger partial charge in [-0.3, -0.25) is 4.90 Å². The predicted molar refractivity (Wildman–Crippen MR) is 152 cm³/mol. The number of rotatable bonds is 9. The van der Waals surface area contributed by atoms with Crippen LogP contribution < -0.4 is 20.3 Å². The van der Waals surface area contributed by atoms with Gasteiger partial charge in [0.2, 0.25) is 16.0 Å². The van der Waals surface area contributed by atoms with E-state index in [0.717, 1.165) is 43.1 Å². The van der Waals surface area contributed by atoms with Gasteiger partial charge < -0.3 is 20.6 Å². The lowest BCUT2D eigenvalue weighted by Gasteiger charge is -2.35. The molecule has 38 heavy (non-hydrogen) atoms. The van der Waals surface area contributed by atoms with Gasteiger partial charge in [-0.05, 0) is 64.1 Å². The molecule has 1 aromatic heterocycles. The Morgan fingerprint density at radius 2 is 1.66 bits per heavy atom. The minimum atomic E-state index is -3.66. The second kappa shape index (κ2) is 11.6. The van der Waals surface area contributed by atoms with Crippen molar-refractivity contribution in [1.29, 1.82) is 0 Å². The third-order valence-corrected chi connectivity index (χ3v) is 7.83. The molecule has 10 nitrogen and oxygen atoms in total. The minimum absolute atomic E-state index is 0.177. The maximum absolute atomic E-state index is 12.8. The molecule has 3 aromatic rings. The van der Waals surface area contributed by atoms with Crippen molar-refractivity contribution in [3.05, 3.63) is 60.3 Å². The van der Waals surface area contributed by atoms with E-state index in [9.17, 15) is 13.5 Å². The highest BCUT2D eigenvalue weighted by atomic mass is 32.2. The zero-order valence-corrected chi connectivity index (χ0v) is 23.2. The van der Waals surface area contributed by atoms with Gasteiger partial charge >= 0.3 is 0 Å². The van der Waals surface area contributed by atoms with Crippen LogP contribution in [0.3, 0.4) is 0 Å². The first-order valence-electron chi connectivity index (χ1n) is 12.7. The highest BCUT2D eigenvalue weighted by molar-refractivity contribution is 7.89. The summed E-state index contributed by atoms with van der Waals surface area (Å²) in [7, 11) is -3.66. The fourth-order valence-electron chi connectivity index (χ4n) is 4.25. The summed E-state index contributed by atoms with van der Waals surface area (Å²) < 4.78 is 28.2. The molecule has 1 saturated heterocycles. The molecule has 0 saturated carbocycles. The third-order valence-electron chi connectivity index (χ3n) is 6.08. The van der Waals surface area contributed by atoms with E-state index in [0.29, 0.717) is 24.0 Å². The Morgan fingerprint density at radius 1 is 0.974 bits per heavy atom. The average molecular weight is 540 g/mol. The molecular formula is C27H37N7O3S. The Hall–Kier alpha value is -3.25. The second-order valence-corrected chi connectivity index (χ2v) is 12.1. The highest BCUT2D eigenvalue weighted by Crippen LogP contribution is 2.25. The number of benzene rings is 2. The maximum atomic E-state index is 12.8. The Kier molecular flexibility index (Phi) is 8.51. The Labute approximate surface area is 225 Å². The van der Waals surface area contributed by atoms with Crippen LogP contribution in [-0.2, 0) is 10.0 Å². The summed E-state index contributed by atoms with van der Waals surface area (Å²) in [6.45, 7) is 11.9. The van der Waals surface area contributed by atoms with Crippen LogP contribution in [0.2, 0.25) is 0 Å². The summed E-state index contributed by atoms with van der Waals surface area (Å²) in [5, 5.41) is 15.7. The van der Waals surface area contributed by atoms with Crippen LogP contribution in [0.25, 0.3) is 0 Å². The second-order valence-electron chi connectivity index (χ2n) is 10.5. The number of nitrogens with one attached hydrogen (secondary N) is 3. The standard InChI is InChI=1S/C27H37N7O3S/c1-20-19-28-26(30-21-7-5-9-23(17-21)34-13-11-33(12-14-34)15-16-35)31-25(20)29-22-8-6-10-24(18-22)38(36,37)32-27(2,3)4/h5-10,17-19,32,35H,11-16H2,1-4H3,(H2,28,29,30,31). The number of hydrogen-bond acceptors (Lipinski definition) is 9. The first-order chi connectivity index (χ1) is 18.0. The van der Waals surface area contributed by atoms with Gasteiger partial charge in [0, 0.05) is 67.1 Å². The van der Waals surface area contributed by atoms with Gasteiger partial charge in [-0.1, -0.05) is 12.1 Å². The fraction of sp³-hybridized carbons (Fsp3) is 0.407. The molecule has 0 radical (unpaired) electrons. The van der Waals surface area contributed by atoms with E-state index in [2.05, 4.69) is 47.3 Å². The normalized spacial score (nSPS) is 14.9. The van der Waals surface area contributed by atoms with Crippen molar-refractivity contribution in [2.24, 2.45) is 0 Å². The van der Waals surface area contributed by atoms with E-state index in [1.165, 1.54) is 0 Å². The largest absolute Gasteiger partial charge is 0.395 e. The van der Waals surface area contributed by atoms with E-state index < -0.39 is 15.6 Å². The van der Waals surface area contributed by atoms with Crippen molar-refractivity contribution in [3.63, 3.8) is 0 Å². The summed E-state index contributed by atoms with van der Waals surface area (Å²) in [4.78, 5) is 13.8. The first kappa shape index (κ1) is 27.8. The highest BCUT2D eigenvalue weighted by Gasteiger charge is 2.22. The number of hydrogen-bond donors (Lipinski definition) is 4. The lowest BCUT2D eigenvalue weighted by atomic mass is 10.1. The first-order valence-corrected chi connectivity index (χ1v) is 14.2. The van der Waals surface area contributed by atoms with Crippen LogP contribution >= 0.6 is 0 Å². The summed E-state index contributed by atoms with van der Waals surface area (Å²) >= 11 is 0. The quantitative estimate of drug-likeness (QED) is 0.324. The van der Waals surface area contributed by atoms with Crippen molar-refractivity contribution in [1.82, 2.24) is 19.6 Å². The van der Waals surface area contributed by atoms with Gasteiger partial charge in [0.15, 0.2) is 0 Å². The fourth-order valence-corrected chi connectivity index (χ4v) is 5.71. The smallest absolute Gasteiger partial charge is 0.241 e. The molecule has 2 aromatic carbocycles. The van der Waals surface area contributed by atoms with Gasteiger partial charge in [0.25, 0.3) is 0 Å². The average Bonchev–Trinajstić information content (AvgIpc) is 2.86. The molecule has 0 amide bonds. The van der Waals surface area contributed by atoms with E-state index in [1.807, 2.05) is 19.1 Å². The lowest BCUT2D eigenvalue weighted by Crippen LogP contribution is -2.47. The summed E-state index contributed by atoms with van der Waals surface area (Å²) in [5.41, 5.74) is 2.84. The van der Waals surface area contributed by atoms with Gasteiger partial charge in [-0.2, -0.15) is 4.98 Å².